The van der Waals surface area contributed by atoms with E-state index in [0.717, 1.165) is 0 Å². The van der Waals surface area contributed by atoms with Crippen molar-refractivity contribution in [2.45, 2.75) is 18.0 Å². The zero-order chi connectivity index (χ0) is 15.1. The second-order valence-electron chi connectivity index (χ2n) is 2.55. The molecule has 1 fully saturated rings. The predicted molar refractivity (Wildman–Crippen MR) is 49.8 cm³/mol. The van der Waals surface area contributed by atoms with Crippen LogP contribution in [0.3, 0.4) is 0 Å². The number of carbonyl (C=O) groups is 2. The zero-order valence-electron chi connectivity index (χ0n) is 8.51. The van der Waals surface area contributed by atoms with Gasteiger partial charge in [-0.25, -0.2) is 0 Å². The Balaban J connectivity index is 0. The van der Waals surface area contributed by atoms with Crippen LogP contribution in [0.1, 0.15) is 6.42 Å². The summed E-state index contributed by atoms with van der Waals surface area (Å²) in [5.41, 5.74) is -5.53. The number of hydrogen-bond acceptors (Lipinski definition) is 7. The number of amides is 2. The van der Waals surface area contributed by atoms with Gasteiger partial charge in [0.05, 0.1) is 6.42 Å². The molecule has 1 aliphatic rings. The molecule has 13 heteroatoms. The summed E-state index contributed by atoms with van der Waals surface area (Å²) in [7, 11) is -5.84. The highest BCUT2D eigenvalue weighted by molar-refractivity contribution is 7.86. The van der Waals surface area contributed by atoms with Gasteiger partial charge in [-0.2, -0.15) is 21.6 Å². The van der Waals surface area contributed by atoms with E-state index in [1.807, 2.05) is 5.32 Å². The molecule has 0 aliphatic carbocycles. The number of hydrogen-bond donors (Lipinski definition) is 5. The molecule has 1 saturated heterocycles. The van der Waals surface area contributed by atoms with Crippen LogP contribution in [-0.2, 0) is 19.7 Å². The molecule has 1 atom stereocenters. The van der Waals surface area contributed by atoms with Gasteiger partial charge in [-0.15, -0.1) is 0 Å². The maximum atomic E-state index is 10.7. The SMILES string of the molecule is NN.O=C1CC(O)C(=O)N1.O=S(=O)(O)C(F)(F)F. The number of nitrogens with one attached hydrogen (secondary N) is 1. The van der Waals surface area contributed by atoms with Gasteiger partial charge in [0, 0.05) is 0 Å². The van der Waals surface area contributed by atoms with Crippen LogP contribution in [0.15, 0.2) is 0 Å². The molecule has 0 aromatic heterocycles. The van der Waals surface area contributed by atoms with Crippen molar-refractivity contribution < 1.29 is 40.8 Å². The van der Waals surface area contributed by atoms with E-state index in [0.29, 0.717) is 0 Å². The molecule has 18 heavy (non-hydrogen) atoms. The van der Waals surface area contributed by atoms with Crippen LogP contribution in [0.4, 0.5) is 13.2 Å². The molecular weight excluding hydrogens is 287 g/mol. The predicted octanol–water partition coefficient (Wildman–Crippen LogP) is -2.39. The molecule has 9 nitrogen and oxygen atoms in total. The number of aliphatic hydroxyl groups is 1. The summed E-state index contributed by atoms with van der Waals surface area (Å²) in [5.74, 6) is 7.01. The normalized spacial score (nSPS) is 19.2. The molecule has 0 saturated carbocycles. The molecular formula is C5H10F3N3O6S. The minimum atomic E-state index is -5.84. The Labute approximate surface area is 98.6 Å². The minimum Gasteiger partial charge on any atom is -0.383 e. The van der Waals surface area contributed by atoms with Crippen LogP contribution in [0.25, 0.3) is 0 Å². The summed E-state index contributed by atoms with van der Waals surface area (Å²) in [4.78, 5) is 20.4. The Hall–Kier alpha value is -1.28. The van der Waals surface area contributed by atoms with Crippen molar-refractivity contribution in [3.05, 3.63) is 0 Å². The number of halogens is 3. The molecule has 1 aliphatic heterocycles. The van der Waals surface area contributed by atoms with Gasteiger partial charge in [-0.3, -0.25) is 31.1 Å². The topological polar surface area (TPSA) is 173 Å². The summed E-state index contributed by atoms with van der Waals surface area (Å²) in [6, 6.07) is 0. The highest BCUT2D eigenvalue weighted by Crippen LogP contribution is 2.20. The summed E-state index contributed by atoms with van der Waals surface area (Å²) < 4.78 is 57.5. The van der Waals surface area contributed by atoms with Gasteiger partial charge in [-0.1, -0.05) is 0 Å². The van der Waals surface area contributed by atoms with Crippen LogP contribution in [0.5, 0.6) is 0 Å². The van der Waals surface area contributed by atoms with Crippen molar-refractivity contribution in [2.75, 3.05) is 0 Å². The first-order chi connectivity index (χ1) is 7.95. The van der Waals surface area contributed by atoms with Crippen LogP contribution >= 0.6 is 0 Å². The van der Waals surface area contributed by atoms with E-state index in [9.17, 15) is 22.8 Å². The lowest BCUT2D eigenvalue weighted by atomic mass is 10.3. The fraction of sp³-hybridized carbons (Fsp3) is 0.600. The molecule has 108 valence electrons. The number of rotatable bonds is 0. The Bertz CT molecular complexity index is 394. The molecule has 2 amide bonds. The van der Waals surface area contributed by atoms with Crippen molar-refractivity contribution in [1.29, 1.82) is 0 Å². The average Bonchev–Trinajstić information content (AvgIpc) is 2.45. The van der Waals surface area contributed by atoms with Crippen LogP contribution in [0.2, 0.25) is 0 Å². The lowest BCUT2D eigenvalue weighted by Crippen LogP contribution is -2.24. The number of hydrazine groups is 1. The van der Waals surface area contributed by atoms with Crippen LogP contribution < -0.4 is 17.0 Å². The molecule has 0 bridgehead atoms. The molecule has 7 N–H and O–H groups in total. The Morgan fingerprint density at radius 2 is 1.61 bits per heavy atom. The Morgan fingerprint density at radius 1 is 1.28 bits per heavy atom. The van der Waals surface area contributed by atoms with Gasteiger partial charge in [0.15, 0.2) is 0 Å². The van der Waals surface area contributed by atoms with Gasteiger partial charge in [-0.05, 0) is 0 Å². The lowest BCUT2D eigenvalue weighted by molar-refractivity contribution is -0.127. The Kier molecular flexibility index (Phi) is 7.65. The van der Waals surface area contributed by atoms with E-state index in [4.69, 9.17) is 18.1 Å². The maximum absolute atomic E-state index is 10.7. The molecule has 0 radical (unpaired) electrons. The highest BCUT2D eigenvalue weighted by Gasteiger charge is 2.44. The van der Waals surface area contributed by atoms with Gasteiger partial charge in [0.25, 0.3) is 5.91 Å². The van der Waals surface area contributed by atoms with Crippen molar-refractivity contribution in [3.8, 4) is 0 Å². The van der Waals surface area contributed by atoms with E-state index >= 15 is 0 Å². The summed E-state index contributed by atoms with van der Waals surface area (Å²) in [6.07, 6.45) is -1.19. The van der Waals surface area contributed by atoms with E-state index in [1.54, 1.807) is 0 Å². The molecule has 1 heterocycles. The van der Waals surface area contributed by atoms with Crippen molar-refractivity contribution in [3.63, 3.8) is 0 Å². The molecule has 1 rings (SSSR count). The Morgan fingerprint density at radius 3 is 1.67 bits per heavy atom. The molecule has 0 aromatic carbocycles. The third-order valence-corrected chi connectivity index (χ3v) is 1.82. The second kappa shape index (κ2) is 7.22. The van der Waals surface area contributed by atoms with Gasteiger partial charge in [0.2, 0.25) is 5.91 Å². The third-order valence-electron chi connectivity index (χ3n) is 1.24. The quantitative estimate of drug-likeness (QED) is 0.108. The number of imide groups is 1. The van der Waals surface area contributed by atoms with Crippen molar-refractivity contribution in [2.24, 2.45) is 11.7 Å². The molecule has 1 unspecified atom stereocenters. The van der Waals surface area contributed by atoms with E-state index < -0.39 is 33.5 Å². The highest BCUT2D eigenvalue weighted by atomic mass is 32.2. The first-order valence-corrected chi connectivity index (χ1v) is 5.28. The van der Waals surface area contributed by atoms with E-state index in [-0.39, 0.29) is 6.42 Å². The fourth-order valence-electron chi connectivity index (χ4n) is 0.540. The first-order valence-electron chi connectivity index (χ1n) is 3.84. The second-order valence-corrected chi connectivity index (χ2v) is 3.97. The molecule has 0 aromatic rings. The summed E-state index contributed by atoms with van der Waals surface area (Å²) in [6.45, 7) is 0. The van der Waals surface area contributed by atoms with Crippen molar-refractivity contribution >= 4 is 21.9 Å². The minimum absolute atomic E-state index is 0.0845. The van der Waals surface area contributed by atoms with Crippen LogP contribution in [0, 0.1) is 0 Å². The van der Waals surface area contributed by atoms with E-state index in [1.165, 1.54) is 0 Å². The molecule has 0 spiro atoms. The van der Waals surface area contributed by atoms with Crippen LogP contribution in [-0.4, -0.2) is 41.5 Å². The first kappa shape index (κ1) is 19.1. The zero-order valence-corrected chi connectivity index (χ0v) is 9.33. The summed E-state index contributed by atoms with van der Waals surface area (Å²) >= 11 is 0. The van der Waals surface area contributed by atoms with Gasteiger partial charge < -0.3 is 5.11 Å². The largest absolute Gasteiger partial charge is 0.522 e. The number of alkyl halides is 3. The number of aliphatic hydroxyl groups excluding tert-OH is 1. The average molecular weight is 297 g/mol. The maximum Gasteiger partial charge on any atom is 0.522 e. The standard InChI is InChI=1S/C4H5NO3.CHF3O3S.H4N2/c6-2-1-3(7)5-4(2)8;2-1(3,4)8(5,6)7;1-2/h2,6H,1H2,(H,5,7,8);(H,5,6,7);1-2H2. The monoisotopic (exact) mass is 297 g/mol. The summed E-state index contributed by atoms with van der Waals surface area (Å²) in [5, 5.41) is 10.5. The van der Waals surface area contributed by atoms with Gasteiger partial charge >= 0.3 is 15.6 Å². The van der Waals surface area contributed by atoms with Crippen molar-refractivity contribution in [1.82, 2.24) is 5.32 Å². The lowest BCUT2D eigenvalue weighted by Gasteiger charge is -1.97. The van der Waals surface area contributed by atoms with E-state index in [2.05, 4.69) is 11.7 Å². The third kappa shape index (κ3) is 7.13. The smallest absolute Gasteiger partial charge is 0.383 e. The fourth-order valence-corrected chi connectivity index (χ4v) is 0.540. The number of carbonyl (C=O) groups excluding carboxylic acids is 2. The van der Waals surface area contributed by atoms with Gasteiger partial charge in [0.1, 0.15) is 6.10 Å². The number of nitrogens with two attached hydrogens (primary N) is 2.